The van der Waals surface area contributed by atoms with Gasteiger partial charge in [0, 0.05) is 30.6 Å². The Labute approximate surface area is 151 Å². The largest absolute Gasteiger partial charge is 0.496 e. The number of sulfonamides is 1. The summed E-state index contributed by atoms with van der Waals surface area (Å²) in [6.07, 6.45) is 3.09. The van der Waals surface area contributed by atoms with Gasteiger partial charge >= 0.3 is 0 Å². The van der Waals surface area contributed by atoms with E-state index in [1.165, 1.54) is 20.2 Å². The highest BCUT2D eigenvalue weighted by Crippen LogP contribution is 2.23. The minimum atomic E-state index is -3.44. The average molecular weight is 380 g/mol. The topological polar surface area (TPSA) is 75.7 Å². The average Bonchev–Trinajstić information content (AvgIpc) is 3.08. The van der Waals surface area contributed by atoms with Gasteiger partial charge in [-0.05, 0) is 24.3 Å². The molecule has 1 heterocycles. The molecule has 1 aromatic carbocycles. The summed E-state index contributed by atoms with van der Waals surface area (Å²) >= 11 is 1.14. The molecular formula is C17H20N2O4S2. The molecule has 0 saturated carbocycles. The zero-order chi connectivity index (χ0) is 18.4. The van der Waals surface area contributed by atoms with Crippen molar-refractivity contribution in [3.05, 3.63) is 52.9 Å². The van der Waals surface area contributed by atoms with Crippen LogP contribution < -0.4 is 10.1 Å². The highest BCUT2D eigenvalue weighted by atomic mass is 32.2. The number of methoxy groups -OCH3 is 1. The number of amides is 1. The number of benzene rings is 1. The molecular weight excluding hydrogens is 360 g/mol. The molecule has 0 bridgehead atoms. The van der Waals surface area contributed by atoms with Crippen LogP contribution >= 0.6 is 11.3 Å². The second-order valence-corrected chi connectivity index (χ2v) is 8.85. The van der Waals surface area contributed by atoms with E-state index in [0.29, 0.717) is 5.75 Å². The second kappa shape index (κ2) is 8.28. The number of carbonyl (C=O) groups excluding carboxylic acids is 1. The summed E-state index contributed by atoms with van der Waals surface area (Å²) in [4.78, 5) is 12.7. The van der Waals surface area contributed by atoms with Crippen molar-refractivity contribution in [2.24, 2.45) is 0 Å². The minimum absolute atomic E-state index is 0.256. The van der Waals surface area contributed by atoms with E-state index >= 15 is 0 Å². The lowest BCUT2D eigenvalue weighted by atomic mass is 10.2. The van der Waals surface area contributed by atoms with Gasteiger partial charge in [0.2, 0.25) is 5.91 Å². The van der Waals surface area contributed by atoms with Gasteiger partial charge in [0.25, 0.3) is 10.0 Å². The highest BCUT2D eigenvalue weighted by Gasteiger charge is 2.19. The smallest absolute Gasteiger partial charge is 0.252 e. The summed E-state index contributed by atoms with van der Waals surface area (Å²) < 4.78 is 30.7. The van der Waals surface area contributed by atoms with Crippen LogP contribution in [0, 0.1) is 0 Å². The molecule has 6 nitrogen and oxygen atoms in total. The molecule has 0 spiro atoms. The van der Waals surface area contributed by atoms with Crippen molar-refractivity contribution in [2.75, 3.05) is 21.2 Å². The van der Waals surface area contributed by atoms with Crippen LogP contribution in [0.3, 0.4) is 0 Å². The van der Waals surface area contributed by atoms with Gasteiger partial charge in [-0.15, -0.1) is 11.3 Å². The second-order valence-electron chi connectivity index (χ2n) is 5.30. The molecule has 0 radical (unpaired) electrons. The van der Waals surface area contributed by atoms with Crippen molar-refractivity contribution in [1.82, 2.24) is 9.62 Å². The SMILES string of the molecule is COc1ccccc1C=CC(=O)NCc1ccc(S(=O)(=O)N(C)C)s1. The lowest BCUT2D eigenvalue weighted by Gasteiger charge is -2.08. The first-order chi connectivity index (χ1) is 11.8. The van der Waals surface area contributed by atoms with Gasteiger partial charge in [0.15, 0.2) is 0 Å². The van der Waals surface area contributed by atoms with E-state index in [4.69, 9.17) is 4.74 Å². The van der Waals surface area contributed by atoms with Gasteiger partial charge in [-0.2, -0.15) is 0 Å². The Hall–Kier alpha value is -2.16. The number of hydrogen-bond donors (Lipinski definition) is 1. The Kier molecular flexibility index (Phi) is 6.35. The van der Waals surface area contributed by atoms with Gasteiger partial charge in [0.1, 0.15) is 9.96 Å². The van der Waals surface area contributed by atoms with Gasteiger partial charge in [0.05, 0.1) is 13.7 Å². The van der Waals surface area contributed by atoms with Crippen LogP contribution in [0.25, 0.3) is 6.08 Å². The number of rotatable bonds is 7. The summed E-state index contributed by atoms with van der Waals surface area (Å²) in [6, 6.07) is 10.6. The fourth-order valence-electron chi connectivity index (χ4n) is 1.97. The van der Waals surface area contributed by atoms with Gasteiger partial charge in [-0.1, -0.05) is 18.2 Å². The van der Waals surface area contributed by atoms with Crippen molar-refractivity contribution in [1.29, 1.82) is 0 Å². The number of nitrogens with one attached hydrogen (secondary N) is 1. The molecule has 0 atom stereocenters. The summed E-state index contributed by atoms with van der Waals surface area (Å²) in [5.41, 5.74) is 0.802. The maximum Gasteiger partial charge on any atom is 0.252 e. The van der Waals surface area contributed by atoms with Gasteiger partial charge in [-0.25, -0.2) is 12.7 Å². The van der Waals surface area contributed by atoms with Crippen molar-refractivity contribution >= 4 is 33.3 Å². The van der Waals surface area contributed by atoms with E-state index in [1.807, 2.05) is 24.3 Å². The summed E-state index contributed by atoms with van der Waals surface area (Å²) in [5, 5.41) is 2.74. The number of nitrogens with zero attached hydrogens (tertiary/aromatic N) is 1. The van der Waals surface area contributed by atoms with Crippen LogP contribution in [0.15, 0.2) is 46.7 Å². The molecule has 1 aromatic heterocycles. The molecule has 0 aliphatic carbocycles. The number of hydrogen-bond acceptors (Lipinski definition) is 5. The van der Waals surface area contributed by atoms with Crippen molar-refractivity contribution < 1.29 is 17.9 Å². The monoisotopic (exact) mass is 380 g/mol. The number of ether oxygens (including phenoxy) is 1. The maximum atomic E-state index is 12.0. The predicted molar refractivity (Wildman–Crippen MR) is 99.1 cm³/mol. The minimum Gasteiger partial charge on any atom is -0.496 e. The fraction of sp³-hybridized carbons (Fsp3) is 0.235. The quantitative estimate of drug-likeness (QED) is 0.748. The fourth-order valence-corrected chi connectivity index (χ4v) is 4.44. The molecule has 1 N–H and O–H groups in total. The molecule has 0 aliphatic rings. The van der Waals surface area contributed by atoms with Crippen molar-refractivity contribution in [3.63, 3.8) is 0 Å². The van der Waals surface area contributed by atoms with Gasteiger partial charge in [-0.3, -0.25) is 4.79 Å². The third kappa shape index (κ3) is 4.91. The first-order valence-corrected chi connectivity index (χ1v) is 9.70. The van der Waals surface area contributed by atoms with Crippen molar-refractivity contribution in [2.45, 2.75) is 10.8 Å². The first-order valence-electron chi connectivity index (χ1n) is 7.45. The molecule has 8 heteroatoms. The summed E-state index contributed by atoms with van der Waals surface area (Å²) in [6.45, 7) is 0.267. The predicted octanol–water partition coefficient (Wildman–Crippen LogP) is 2.34. The normalized spacial score (nSPS) is 11.8. The van der Waals surface area contributed by atoms with E-state index < -0.39 is 10.0 Å². The van der Waals surface area contributed by atoms with E-state index in [9.17, 15) is 13.2 Å². The Morgan fingerprint density at radius 3 is 2.64 bits per heavy atom. The molecule has 1 amide bonds. The molecule has 2 rings (SSSR count). The highest BCUT2D eigenvalue weighted by molar-refractivity contribution is 7.91. The molecule has 25 heavy (non-hydrogen) atoms. The third-order valence-corrected chi connectivity index (χ3v) is 6.73. The first kappa shape index (κ1) is 19.2. The van der Waals surface area contributed by atoms with Crippen LogP contribution in [0.4, 0.5) is 0 Å². The zero-order valence-corrected chi connectivity index (χ0v) is 15.9. The van der Waals surface area contributed by atoms with E-state index in [2.05, 4.69) is 5.32 Å². The maximum absolute atomic E-state index is 12.0. The van der Waals surface area contributed by atoms with Crippen LogP contribution in [0.1, 0.15) is 10.4 Å². The summed E-state index contributed by atoms with van der Waals surface area (Å²) in [7, 11) is 1.11. The Morgan fingerprint density at radius 1 is 1.24 bits per heavy atom. The van der Waals surface area contributed by atoms with E-state index in [-0.39, 0.29) is 16.7 Å². The third-order valence-electron chi connectivity index (χ3n) is 3.36. The Balaban J connectivity index is 1.97. The van der Waals surface area contributed by atoms with E-state index in [0.717, 1.165) is 26.1 Å². The molecule has 0 fully saturated rings. The van der Waals surface area contributed by atoms with Crippen LogP contribution in [-0.4, -0.2) is 39.8 Å². The van der Waals surface area contributed by atoms with E-state index in [1.54, 1.807) is 25.3 Å². The lowest BCUT2D eigenvalue weighted by Crippen LogP contribution is -2.21. The molecule has 134 valence electrons. The lowest BCUT2D eigenvalue weighted by molar-refractivity contribution is -0.116. The number of thiophene rings is 1. The molecule has 0 saturated heterocycles. The molecule has 0 unspecified atom stereocenters. The van der Waals surface area contributed by atoms with Crippen LogP contribution in [0.5, 0.6) is 5.75 Å². The van der Waals surface area contributed by atoms with Crippen LogP contribution in [0.2, 0.25) is 0 Å². The number of carbonyl (C=O) groups is 1. The zero-order valence-electron chi connectivity index (χ0n) is 14.2. The Bertz CT molecular complexity index is 870. The summed E-state index contributed by atoms with van der Waals surface area (Å²) in [5.74, 6) is 0.416. The molecule has 2 aromatic rings. The van der Waals surface area contributed by atoms with Crippen LogP contribution in [-0.2, 0) is 21.4 Å². The number of para-hydroxylation sites is 1. The van der Waals surface area contributed by atoms with Crippen molar-refractivity contribution in [3.8, 4) is 5.75 Å². The Morgan fingerprint density at radius 2 is 1.96 bits per heavy atom. The van der Waals surface area contributed by atoms with Gasteiger partial charge < -0.3 is 10.1 Å². The standard InChI is InChI=1S/C17H20N2O4S2/c1-19(2)25(21,22)17-11-9-14(24-17)12-18-16(20)10-8-13-6-4-5-7-15(13)23-3/h4-11H,12H2,1-3H3,(H,18,20). The molecule has 0 aliphatic heterocycles.